The van der Waals surface area contributed by atoms with Crippen molar-refractivity contribution in [3.05, 3.63) is 35.2 Å². The molecule has 3 nitrogen and oxygen atoms in total. The number of halogens is 1. The van der Waals surface area contributed by atoms with Gasteiger partial charge in [-0.3, -0.25) is 0 Å². The van der Waals surface area contributed by atoms with Crippen molar-refractivity contribution in [1.29, 1.82) is 0 Å². The summed E-state index contributed by atoms with van der Waals surface area (Å²) in [7, 11) is 0. The minimum Gasteiger partial charge on any atom is -0.339 e. The van der Waals surface area contributed by atoms with Gasteiger partial charge < -0.3 is 4.98 Å². The first-order chi connectivity index (χ1) is 6.34. The number of aromatic nitrogens is 3. The maximum absolute atomic E-state index is 4.21. The molecule has 0 atom stereocenters. The molecule has 2 aromatic rings. The topological polar surface area (TPSA) is 41.6 Å². The van der Waals surface area contributed by atoms with Gasteiger partial charge in [0.1, 0.15) is 5.03 Å². The van der Waals surface area contributed by atoms with Crippen LogP contribution in [-0.2, 0) is 0 Å². The minimum absolute atomic E-state index is 0.856. The normalized spacial score (nSPS) is 10.2. The summed E-state index contributed by atoms with van der Waals surface area (Å²) in [5.41, 5.74) is 0. The van der Waals surface area contributed by atoms with Crippen LogP contribution in [0.4, 0.5) is 0 Å². The van der Waals surface area contributed by atoms with Gasteiger partial charge in [-0.15, -0.1) is 0 Å². The monoisotopic (exact) mass is 255 g/mol. The van der Waals surface area contributed by atoms with E-state index in [0.29, 0.717) is 0 Å². The molecule has 0 radical (unpaired) electrons. The van der Waals surface area contributed by atoms with Crippen LogP contribution in [-0.4, -0.2) is 15.0 Å². The highest BCUT2D eigenvalue weighted by Gasteiger charge is 1.99. The van der Waals surface area contributed by atoms with Gasteiger partial charge in [0, 0.05) is 23.1 Å². The maximum atomic E-state index is 4.21. The van der Waals surface area contributed by atoms with Gasteiger partial charge in [-0.05, 0) is 39.8 Å². The fraction of sp³-hybridized carbons (Fsp3) is 0. The predicted octanol–water partition coefficient (Wildman–Crippen LogP) is 2.72. The van der Waals surface area contributed by atoms with Crippen LogP contribution in [0.3, 0.4) is 0 Å². The highest BCUT2D eigenvalue weighted by Crippen LogP contribution is 2.22. The molecule has 0 aromatic carbocycles. The molecule has 0 aliphatic heterocycles. The van der Waals surface area contributed by atoms with Crippen LogP contribution in [0.25, 0.3) is 0 Å². The fourth-order valence-corrected chi connectivity index (χ4v) is 1.74. The fourth-order valence-electron chi connectivity index (χ4n) is 0.828. The Labute approximate surface area is 88.1 Å². The van der Waals surface area contributed by atoms with Crippen LogP contribution < -0.4 is 0 Å². The Kier molecular flexibility index (Phi) is 2.65. The number of nitrogens with one attached hydrogen (secondary N) is 1. The summed E-state index contributed by atoms with van der Waals surface area (Å²) in [5, 5.41) is 1.79. The van der Waals surface area contributed by atoms with Crippen molar-refractivity contribution in [2.75, 3.05) is 0 Å². The number of H-pyrrole nitrogens is 1. The second kappa shape index (κ2) is 3.93. The first kappa shape index (κ1) is 8.77. The molecule has 0 fully saturated rings. The maximum Gasteiger partial charge on any atom is 0.171 e. The molecule has 0 saturated heterocycles. The van der Waals surface area contributed by atoms with Crippen LogP contribution in [0.1, 0.15) is 0 Å². The summed E-state index contributed by atoms with van der Waals surface area (Å²) in [4.78, 5) is 11.3. The van der Waals surface area contributed by atoms with Crippen molar-refractivity contribution < 1.29 is 0 Å². The second-order valence-electron chi connectivity index (χ2n) is 2.31. The van der Waals surface area contributed by atoms with Gasteiger partial charge in [0.05, 0.1) is 0 Å². The Morgan fingerprint density at radius 2 is 2.23 bits per heavy atom. The molecule has 0 aliphatic carbocycles. The number of nitrogens with zero attached hydrogens (tertiary/aromatic N) is 2. The highest BCUT2D eigenvalue weighted by molar-refractivity contribution is 9.10. The van der Waals surface area contributed by atoms with Gasteiger partial charge in [-0.1, -0.05) is 0 Å². The van der Waals surface area contributed by atoms with E-state index in [2.05, 4.69) is 30.9 Å². The molecule has 0 spiro atoms. The largest absolute Gasteiger partial charge is 0.339 e. The third-order valence-electron chi connectivity index (χ3n) is 1.37. The number of aromatic amines is 1. The molecular weight excluding hydrogens is 250 g/mol. The number of hydrogen-bond acceptors (Lipinski definition) is 3. The minimum atomic E-state index is 0.856. The van der Waals surface area contributed by atoms with Crippen LogP contribution in [0.5, 0.6) is 0 Å². The molecule has 0 saturated carbocycles. The van der Waals surface area contributed by atoms with Crippen molar-refractivity contribution in [3.8, 4) is 0 Å². The van der Waals surface area contributed by atoms with E-state index in [-0.39, 0.29) is 0 Å². The van der Waals surface area contributed by atoms with Gasteiger partial charge in [0.15, 0.2) is 5.16 Å². The Balaban J connectivity index is 2.15. The second-order valence-corrected chi connectivity index (χ2v) is 4.24. The summed E-state index contributed by atoms with van der Waals surface area (Å²) in [6, 6.07) is 3.90. The summed E-state index contributed by atoms with van der Waals surface area (Å²) in [6.45, 7) is 0. The number of imidazole rings is 1. The first-order valence-corrected chi connectivity index (χ1v) is 5.24. The summed E-state index contributed by atoms with van der Waals surface area (Å²) >= 11 is 4.83. The molecule has 5 heteroatoms. The Hall–Kier alpha value is -0.810. The summed E-state index contributed by atoms with van der Waals surface area (Å²) in [5.74, 6) is 0. The molecule has 0 amide bonds. The summed E-state index contributed by atoms with van der Waals surface area (Å²) in [6.07, 6.45) is 5.29. The lowest BCUT2D eigenvalue weighted by molar-refractivity contribution is 1.04. The van der Waals surface area contributed by atoms with E-state index < -0.39 is 0 Å². The van der Waals surface area contributed by atoms with Crippen LogP contribution in [0, 0.1) is 0 Å². The third kappa shape index (κ3) is 2.32. The van der Waals surface area contributed by atoms with Crippen LogP contribution in [0.15, 0.2) is 45.4 Å². The number of hydrogen-bond donors (Lipinski definition) is 1. The molecule has 0 bridgehead atoms. The van der Waals surface area contributed by atoms with Crippen molar-refractivity contribution in [2.45, 2.75) is 10.2 Å². The molecule has 2 aromatic heterocycles. The van der Waals surface area contributed by atoms with E-state index in [1.165, 1.54) is 11.8 Å². The Bertz CT molecular complexity index is 371. The number of rotatable bonds is 2. The van der Waals surface area contributed by atoms with E-state index in [9.17, 15) is 0 Å². The SMILES string of the molecule is Brc1ccc(Sc2ncc[nH]2)nc1. The van der Waals surface area contributed by atoms with E-state index in [4.69, 9.17) is 0 Å². The molecule has 1 N–H and O–H groups in total. The Morgan fingerprint density at radius 3 is 2.85 bits per heavy atom. The molecule has 13 heavy (non-hydrogen) atoms. The molecule has 0 aliphatic rings. The van der Waals surface area contributed by atoms with Gasteiger partial charge in [-0.25, -0.2) is 9.97 Å². The molecule has 2 rings (SSSR count). The first-order valence-electron chi connectivity index (χ1n) is 3.63. The van der Waals surface area contributed by atoms with Crippen molar-refractivity contribution >= 4 is 27.7 Å². The molecule has 2 heterocycles. The standard InChI is InChI=1S/C8H6BrN3S/c9-6-1-2-7(12-5-6)13-8-10-3-4-11-8/h1-5H,(H,10,11). The highest BCUT2D eigenvalue weighted by atomic mass is 79.9. The average Bonchev–Trinajstić information content (AvgIpc) is 2.62. The van der Waals surface area contributed by atoms with Crippen molar-refractivity contribution in [3.63, 3.8) is 0 Å². The van der Waals surface area contributed by atoms with Crippen molar-refractivity contribution in [1.82, 2.24) is 15.0 Å². The number of pyridine rings is 1. The zero-order valence-corrected chi connectivity index (χ0v) is 8.97. The van der Waals surface area contributed by atoms with Gasteiger partial charge in [0.2, 0.25) is 0 Å². The van der Waals surface area contributed by atoms with Crippen LogP contribution >= 0.6 is 27.7 Å². The zero-order valence-electron chi connectivity index (χ0n) is 6.57. The summed E-state index contributed by atoms with van der Waals surface area (Å²) < 4.78 is 0.983. The molecule has 66 valence electrons. The van der Waals surface area contributed by atoms with Gasteiger partial charge in [0.25, 0.3) is 0 Å². The van der Waals surface area contributed by atoms with E-state index in [0.717, 1.165) is 14.7 Å². The average molecular weight is 256 g/mol. The predicted molar refractivity (Wildman–Crippen MR) is 54.6 cm³/mol. The van der Waals surface area contributed by atoms with E-state index in [1.807, 2.05) is 12.1 Å². The van der Waals surface area contributed by atoms with Crippen LogP contribution in [0.2, 0.25) is 0 Å². The van der Waals surface area contributed by atoms with Crippen molar-refractivity contribution in [2.24, 2.45) is 0 Å². The van der Waals surface area contributed by atoms with E-state index >= 15 is 0 Å². The Morgan fingerprint density at radius 1 is 1.31 bits per heavy atom. The zero-order chi connectivity index (χ0) is 9.10. The van der Waals surface area contributed by atoms with E-state index in [1.54, 1.807) is 18.6 Å². The lowest BCUT2D eigenvalue weighted by atomic mass is 10.5. The molecular formula is C8H6BrN3S. The van der Waals surface area contributed by atoms with Gasteiger partial charge >= 0.3 is 0 Å². The molecule has 0 unspecified atom stereocenters. The smallest absolute Gasteiger partial charge is 0.171 e. The van der Waals surface area contributed by atoms with Gasteiger partial charge in [-0.2, -0.15) is 0 Å². The third-order valence-corrected chi connectivity index (χ3v) is 2.71. The quantitative estimate of drug-likeness (QED) is 0.898. The lowest BCUT2D eigenvalue weighted by Gasteiger charge is -1.95. The lowest BCUT2D eigenvalue weighted by Crippen LogP contribution is -1.79.